The highest BCUT2D eigenvalue weighted by Gasteiger charge is 2.27. The van der Waals surface area contributed by atoms with Crippen LogP contribution in [0.3, 0.4) is 0 Å². The summed E-state index contributed by atoms with van der Waals surface area (Å²) in [6.07, 6.45) is 2.20. The third-order valence-corrected chi connectivity index (χ3v) is 9.30. The second kappa shape index (κ2) is 14.7. The fraction of sp³-hybridized carbons (Fsp3) is 0.633. The number of thioether (sulfide) groups is 1. The van der Waals surface area contributed by atoms with Gasteiger partial charge in [0.05, 0.1) is 25.9 Å². The molecule has 5 rings (SSSR count). The van der Waals surface area contributed by atoms with E-state index in [1.807, 2.05) is 16.3 Å². The van der Waals surface area contributed by atoms with Crippen molar-refractivity contribution < 1.29 is 9.84 Å². The van der Waals surface area contributed by atoms with Gasteiger partial charge in [-0.15, -0.1) is 11.8 Å². The highest BCUT2D eigenvalue weighted by atomic mass is 32.2. The van der Waals surface area contributed by atoms with Gasteiger partial charge in [-0.05, 0) is 37.3 Å². The standard InChI is InChI=1S/C30H45N7O4S/c1-3-4-12-36-27-26(28(39)32(2)30(36)40)37(29(31-27)35-17-19-41-20-18-35)23-24(38)22-34-15-13-33(14-16-34)11-8-21-42-25-9-6-5-7-10-25/h5-7,9-10,24,38H,3-4,8,11-23H2,1-2H3. The van der Waals surface area contributed by atoms with Gasteiger partial charge in [0.15, 0.2) is 11.2 Å². The number of aromatic nitrogens is 4. The van der Waals surface area contributed by atoms with Gasteiger partial charge in [0.25, 0.3) is 5.56 Å². The molecular formula is C30H45N7O4S. The lowest BCUT2D eigenvalue weighted by Crippen LogP contribution is -2.49. The van der Waals surface area contributed by atoms with Crippen molar-refractivity contribution in [1.82, 2.24) is 28.5 Å². The summed E-state index contributed by atoms with van der Waals surface area (Å²) < 4.78 is 10.2. The second-order valence-electron chi connectivity index (χ2n) is 11.3. The van der Waals surface area contributed by atoms with Crippen LogP contribution >= 0.6 is 11.8 Å². The van der Waals surface area contributed by atoms with Gasteiger partial charge >= 0.3 is 5.69 Å². The number of unbranched alkanes of at least 4 members (excludes halogenated alkanes) is 1. The van der Waals surface area contributed by atoms with Crippen molar-refractivity contribution >= 4 is 28.9 Å². The molecule has 2 saturated heterocycles. The normalized spacial score (nSPS) is 17.7. The summed E-state index contributed by atoms with van der Waals surface area (Å²) in [7, 11) is 1.52. The minimum absolute atomic E-state index is 0.237. The monoisotopic (exact) mass is 599 g/mol. The van der Waals surface area contributed by atoms with Crippen LogP contribution in [0.1, 0.15) is 26.2 Å². The van der Waals surface area contributed by atoms with Gasteiger partial charge in [0.1, 0.15) is 0 Å². The summed E-state index contributed by atoms with van der Waals surface area (Å²) in [4.78, 5) is 39.6. The van der Waals surface area contributed by atoms with Crippen LogP contribution in [0.2, 0.25) is 0 Å². The molecule has 1 aromatic carbocycles. The van der Waals surface area contributed by atoms with Crippen molar-refractivity contribution in [3.63, 3.8) is 0 Å². The first kappa shape index (κ1) is 30.8. The van der Waals surface area contributed by atoms with Crippen molar-refractivity contribution in [2.24, 2.45) is 7.05 Å². The van der Waals surface area contributed by atoms with Gasteiger partial charge in [-0.25, -0.2) is 4.79 Å². The van der Waals surface area contributed by atoms with Gasteiger partial charge in [-0.1, -0.05) is 31.5 Å². The number of imidazole rings is 1. The van der Waals surface area contributed by atoms with Crippen LogP contribution < -0.4 is 16.1 Å². The number of hydrogen-bond donors (Lipinski definition) is 1. The van der Waals surface area contributed by atoms with E-state index in [0.29, 0.717) is 56.5 Å². The molecule has 12 heteroatoms. The SMILES string of the molecule is CCCCn1c(=O)n(C)c(=O)c2c1nc(N1CCOCC1)n2CC(O)CN1CCN(CCCSc2ccccc2)CC1. The summed E-state index contributed by atoms with van der Waals surface area (Å²) in [5, 5.41) is 11.3. The van der Waals surface area contributed by atoms with E-state index in [0.717, 1.165) is 57.7 Å². The summed E-state index contributed by atoms with van der Waals surface area (Å²) in [6, 6.07) is 10.5. The van der Waals surface area contributed by atoms with Crippen molar-refractivity contribution in [1.29, 1.82) is 0 Å². The minimum atomic E-state index is -0.684. The number of aryl methyl sites for hydroxylation is 1. The number of nitrogens with zero attached hydrogens (tertiary/aromatic N) is 7. The highest BCUT2D eigenvalue weighted by Crippen LogP contribution is 2.22. The fourth-order valence-corrected chi connectivity index (χ4v) is 6.66. The predicted molar refractivity (Wildman–Crippen MR) is 168 cm³/mol. The Morgan fingerprint density at radius 3 is 2.36 bits per heavy atom. The summed E-state index contributed by atoms with van der Waals surface area (Å²) in [5.41, 5.74) is 0.0634. The first-order valence-corrected chi connectivity index (χ1v) is 16.3. The average Bonchev–Trinajstić information content (AvgIpc) is 3.38. The van der Waals surface area contributed by atoms with Gasteiger partial charge in [0, 0.05) is 64.3 Å². The van der Waals surface area contributed by atoms with Crippen LogP contribution in [0.15, 0.2) is 44.8 Å². The van der Waals surface area contributed by atoms with E-state index >= 15 is 0 Å². The van der Waals surface area contributed by atoms with E-state index in [-0.39, 0.29) is 17.8 Å². The number of piperazine rings is 1. The molecule has 2 aliphatic rings. The second-order valence-corrected chi connectivity index (χ2v) is 12.4. The zero-order valence-corrected chi connectivity index (χ0v) is 25.8. The lowest BCUT2D eigenvalue weighted by molar-refractivity contribution is 0.0649. The number of hydrogen-bond acceptors (Lipinski definition) is 9. The topological polar surface area (TPSA) is 101 Å². The van der Waals surface area contributed by atoms with E-state index in [1.54, 1.807) is 4.57 Å². The van der Waals surface area contributed by atoms with Crippen molar-refractivity contribution in [3.05, 3.63) is 51.2 Å². The summed E-state index contributed by atoms with van der Waals surface area (Å²) in [6.45, 7) is 10.6. The Morgan fingerprint density at radius 1 is 0.929 bits per heavy atom. The fourth-order valence-electron chi connectivity index (χ4n) is 5.80. The maximum Gasteiger partial charge on any atom is 0.332 e. The maximum atomic E-state index is 13.4. The van der Waals surface area contributed by atoms with Gasteiger partial charge in [0.2, 0.25) is 5.95 Å². The molecule has 2 aromatic heterocycles. The zero-order valence-electron chi connectivity index (χ0n) is 25.0. The first-order valence-electron chi connectivity index (χ1n) is 15.3. The number of morpholine rings is 1. The number of anilines is 1. The third kappa shape index (κ3) is 7.28. The number of β-amino-alcohol motifs (C(OH)–C–C–N with tert-alkyl or cyclic N) is 1. The molecule has 0 aliphatic carbocycles. The molecule has 2 fully saturated rings. The highest BCUT2D eigenvalue weighted by molar-refractivity contribution is 7.99. The Bertz CT molecular complexity index is 1410. The van der Waals surface area contributed by atoms with Crippen molar-refractivity contribution in [2.75, 3.05) is 76.2 Å². The smallest absolute Gasteiger partial charge is 0.332 e. The summed E-state index contributed by atoms with van der Waals surface area (Å²) >= 11 is 1.91. The van der Waals surface area contributed by atoms with Gasteiger partial charge in [-0.3, -0.25) is 18.8 Å². The lowest BCUT2D eigenvalue weighted by Gasteiger charge is -2.36. The van der Waals surface area contributed by atoms with E-state index in [9.17, 15) is 14.7 Å². The maximum absolute atomic E-state index is 13.4. The first-order chi connectivity index (χ1) is 20.5. The lowest BCUT2D eigenvalue weighted by atomic mass is 10.2. The molecule has 11 nitrogen and oxygen atoms in total. The number of aliphatic hydroxyl groups is 1. The molecule has 0 saturated carbocycles. The molecule has 0 spiro atoms. The molecule has 0 bridgehead atoms. The Hall–Kier alpha value is -2.64. The van der Waals surface area contributed by atoms with Crippen LogP contribution in [0.4, 0.5) is 5.95 Å². The molecule has 4 heterocycles. The molecular weight excluding hydrogens is 554 g/mol. The number of fused-ring (bicyclic) bond motifs is 1. The molecule has 42 heavy (non-hydrogen) atoms. The third-order valence-electron chi connectivity index (χ3n) is 8.20. The molecule has 2 aliphatic heterocycles. The molecule has 1 atom stereocenters. The van der Waals surface area contributed by atoms with E-state index in [4.69, 9.17) is 9.72 Å². The summed E-state index contributed by atoms with van der Waals surface area (Å²) in [5.74, 6) is 1.73. The number of ether oxygens (including phenoxy) is 1. The van der Waals surface area contributed by atoms with Crippen molar-refractivity contribution in [3.8, 4) is 0 Å². The average molecular weight is 600 g/mol. The molecule has 0 radical (unpaired) electrons. The van der Waals surface area contributed by atoms with Crippen LogP contribution in [0, 0.1) is 0 Å². The Balaban J connectivity index is 1.24. The minimum Gasteiger partial charge on any atom is -0.390 e. The van der Waals surface area contributed by atoms with Crippen molar-refractivity contribution in [2.45, 2.75) is 50.3 Å². The predicted octanol–water partition coefficient (Wildman–Crippen LogP) is 1.69. The molecule has 230 valence electrons. The van der Waals surface area contributed by atoms with Crippen LogP contribution in [0.25, 0.3) is 11.2 Å². The largest absolute Gasteiger partial charge is 0.390 e. The van der Waals surface area contributed by atoms with Gasteiger partial charge < -0.3 is 24.2 Å². The Labute approximate surface area is 251 Å². The van der Waals surface area contributed by atoms with E-state index < -0.39 is 6.10 Å². The van der Waals surface area contributed by atoms with E-state index in [2.05, 4.69) is 52.0 Å². The molecule has 1 unspecified atom stereocenters. The van der Waals surface area contributed by atoms with Crippen LogP contribution in [-0.4, -0.2) is 111 Å². The Kier molecular flexibility index (Phi) is 10.8. The van der Waals surface area contributed by atoms with Crippen LogP contribution in [0.5, 0.6) is 0 Å². The number of benzene rings is 1. The molecule has 3 aromatic rings. The zero-order chi connectivity index (χ0) is 29.5. The van der Waals surface area contributed by atoms with Crippen LogP contribution in [-0.2, 0) is 24.9 Å². The molecule has 0 amide bonds. The Morgan fingerprint density at radius 2 is 1.64 bits per heavy atom. The number of rotatable bonds is 13. The van der Waals surface area contributed by atoms with Gasteiger partial charge in [-0.2, -0.15) is 4.98 Å². The molecule has 1 N–H and O–H groups in total. The number of aliphatic hydroxyl groups excluding tert-OH is 1. The van der Waals surface area contributed by atoms with E-state index in [1.165, 1.54) is 16.5 Å². The quantitative estimate of drug-likeness (QED) is 0.232.